The van der Waals surface area contributed by atoms with Crippen LogP contribution in [0.2, 0.25) is 0 Å². The van der Waals surface area contributed by atoms with E-state index in [4.69, 9.17) is 4.74 Å². The molecule has 0 saturated heterocycles. The fourth-order valence-corrected chi connectivity index (χ4v) is 2.61. The van der Waals surface area contributed by atoms with Gasteiger partial charge in [-0.2, -0.15) is 0 Å². The largest absolute Gasteiger partial charge is 0.496 e. The maximum absolute atomic E-state index is 10.6. The third kappa shape index (κ3) is 2.94. The minimum Gasteiger partial charge on any atom is -0.496 e. The Morgan fingerprint density at radius 2 is 1.80 bits per heavy atom. The van der Waals surface area contributed by atoms with Gasteiger partial charge in [-0.3, -0.25) is 0 Å². The minimum atomic E-state index is -0.545. The molecule has 20 heavy (non-hydrogen) atoms. The molecule has 0 saturated carbocycles. The van der Waals surface area contributed by atoms with Crippen molar-refractivity contribution in [3.63, 3.8) is 0 Å². The van der Waals surface area contributed by atoms with Crippen LogP contribution >= 0.6 is 0 Å². The van der Waals surface area contributed by atoms with Gasteiger partial charge in [-0.25, -0.2) is 0 Å². The molecule has 3 nitrogen and oxygen atoms in total. The van der Waals surface area contributed by atoms with E-state index in [1.54, 1.807) is 7.11 Å². The van der Waals surface area contributed by atoms with E-state index in [2.05, 4.69) is 24.8 Å². The standard InChI is InChI=1S/C17H23NO2/c1-4-18(5-2)12-15(19)17-14-9-7-6-8-13(14)10-11-16(17)20-3/h6-11,15,19H,4-5,12H2,1-3H3/t15-/m1/s1. The predicted octanol–water partition coefficient (Wildman–Crippen LogP) is 3.22. The highest BCUT2D eigenvalue weighted by Crippen LogP contribution is 2.33. The summed E-state index contributed by atoms with van der Waals surface area (Å²) in [6.07, 6.45) is -0.545. The Hall–Kier alpha value is -1.58. The average molecular weight is 273 g/mol. The van der Waals surface area contributed by atoms with E-state index in [0.717, 1.165) is 35.2 Å². The average Bonchev–Trinajstić information content (AvgIpc) is 2.51. The number of fused-ring (bicyclic) bond motifs is 1. The summed E-state index contributed by atoms with van der Waals surface area (Å²) in [6, 6.07) is 12.1. The highest BCUT2D eigenvalue weighted by molar-refractivity contribution is 5.88. The number of ether oxygens (including phenoxy) is 1. The topological polar surface area (TPSA) is 32.7 Å². The lowest BCUT2D eigenvalue weighted by Gasteiger charge is -2.24. The molecule has 0 heterocycles. The van der Waals surface area contributed by atoms with Crippen LogP contribution in [0, 0.1) is 0 Å². The van der Waals surface area contributed by atoms with Gasteiger partial charge in [0.2, 0.25) is 0 Å². The first-order chi connectivity index (χ1) is 9.71. The second kappa shape index (κ2) is 6.73. The Bertz CT molecular complexity index is 564. The zero-order chi connectivity index (χ0) is 14.5. The third-order valence-electron chi connectivity index (χ3n) is 3.81. The molecule has 0 aliphatic heterocycles. The van der Waals surface area contributed by atoms with Crippen molar-refractivity contribution >= 4 is 10.8 Å². The molecule has 0 aromatic heterocycles. The molecule has 0 unspecified atom stereocenters. The van der Waals surface area contributed by atoms with Crippen LogP contribution in [0.4, 0.5) is 0 Å². The lowest BCUT2D eigenvalue weighted by atomic mass is 9.99. The number of rotatable bonds is 6. The van der Waals surface area contributed by atoms with E-state index < -0.39 is 6.10 Å². The third-order valence-corrected chi connectivity index (χ3v) is 3.81. The molecule has 2 aromatic carbocycles. The predicted molar refractivity (Wildman–Crippen MR) is 83.2 cm³/mol. The molecule has 1 atom stereocenters. The summed E-state index contributed by atoms with van der Waals surface area (Å²) in [5.74, 6) is 0.753. The van der Waals surface area contributed by atoms with E-state index >= 15 is 0 Å². The summed E-state index contributed by atoms with van der Waals surface area (Å²) in [6.45, 7) is 6.70. The number of aliphatic hydroxyl groups excluding tert-OH is 1. The summed E-state index contributed by atoms with van der Waals surface area (Å²) in [7, 11) is 1.65. The van der Waals surface area contributed by atoms with Crippen molar-refractivity contribution in [2.24, 2.45) is 0 Å². The fourth-order valence-electron chi connectivity index (χ4n) is 2.61. The lowest BCUT2D eigenvalue weighted by Crippen LogP contribution is -2.28. The van der Waals surface area contributed by atoms with Crippen molar-refractivity contribution in [3.05, 3.63) is 42.0 Å². The Balaban J connectivity index is 2.44. The first-order valence-electron chi connectivity index (χ1n) is 7.17. The summed E-state index contributed by atoms with van der Waals surface area (Å²) >= 11 is 0. The van der Waals surface area contributed by atoms with Crippen molar-refractivity contribution in [2.45, 2.75) is 20.0 Å². The van der Waals surface area contributed by atoms with Crippen LogP contribution in [0.25, 0.3) is 10.8 Å². The molecule has 3 heteroatoms. The van der Waals surface area contributed by atoms with Gasteiger partial charge >= 0.3 is 0 Å². The van der Waals surface area contributed by atoms with Gasteiger partial charge in [0.25, 0.3) is 0 Å². The molecular formula is C17H23NO2. The highest BCUT2D eigenvalue weighted by Gasteiger charge is 2.18. The fraction of sp³-hybridized carbons (Fsp3) is 0.412. The number of likely N-dealkylation sites (N-methyl/N-ethyl adjacent to an activating group) is 1. The van der Waals surface area contributed by atoms with Crippen LogP contribution < -0.4 is 4.74 Å². The SMILES string of the molecule is CCN(CC)C[C@@H](O)c1c(OC)ccc2ccccc12. The van der Waals surface area contributed by atoms with Crippen molar-refractivity contribution in [2.75, 3.05) is 26.7 Å². The van der Waals surface area contributed by atoms with Gasteiger partial charge < -0.3 is 14.7 Å². The molecule has 0 spiro atoms. The van der Waals surface area contributed by atoms with E-state index in [-0.39, 0.29) is 0 Å². The Morgan fingerprint density at radius 1 is 1.10 bits per heavy atom. The Morgan fingerprint density at radius 3 is 2.45 bits per heavy atom. The van der Waals surface area contributed by atoms with Crippen LogP contribution in [0.3, 0.4) is 0 Å². The smallest absolute Gasteiger partial charge is 0.125 e. The van der Waals surface area contributed by atoms with E-state index in [9.17, 15) is 5.11 Å². The second-order valence-corrected chi connectivity index (χ2v) is 4.90. The summed E-state index contributed by atoms with van der Waals surface area (Å²) in [4.78, 5) is 2.21. The molecule has 0 aliphatic rings. The molecule has 2 rings (SSSR count). The second-order valence-electron chi connectivity index (χ2n) is 4.90. The van der Waals surface area contributed by atoms with Crippen LogP contribution in [-0.4, -0.2) is 36.8 Å². The van der Waals surface area contributed by atoms with E-state index in [0.29, 0.717) is 6.54 Å². The summed E-state index contributed by atoms with van der Waals surface area (Å²) < 4.78 is 5.44. The molecule has 0 bridgehead atoms. The van der Waals surface area contributed by atoms with Crippen molar-refractivity contribution < 1.29 is 9.84 Å². The molecule has 0 amide bonds. The summed E-state index contributed by atoms with van der Waals surface area (Å²) in [5.41, 5.74) is 0.887. The lowest BCUT2D eigenvalue weighted by molar-refractivity contribution is 0.118. The van der Waals surface area contributed by atoms with Gasteiger partial charge in [-0.05, 0) is 29.9 Å². The van der Waals surface area contributed by atoms with Crippen molar-refractivity contribution in [1.82, 2.24) is 4.90 Å². The molecule has 2 aromatic rings. The number of aliphatic hydroxyl groups is 1. The molecule has 0 radical (unpaired) electrons. The number of hydrogen-bond donors (Lipinski definition) is 1. The Kier molecular flexibility index (Phi) is 4.99. The molecular weight excluding hydrogens is 250 g/mol. The monoisotopic (exact) mass is 273 g/mol. The minimum absolute atomic E-state index is 0.545. The van der Waals surface area contributed by atoms with Crippen LogP contribution in [-0.2, 0) is 0 Å². The first kappa shape index (κ1) is 14.8. The number of methoxy groups -OCH3 is 1. The highest BCUT2D eigenvalue weighted by atomic mass is 16.5. The van der Waals surface area contributed by atoms with Gasteiger partial charge in [0.15, 0.2) is 0 Å². The maximum atomic E-state index is 10.6. The molecule has 0 aliphatic carbocycles. The van der Waals surface area contributed by atoms with Gasteiger partial charge in [0.05, 0.1) is 13.2 Å². The van der Waals surface area contributed by atoms with Crippen LogP contribution in [0.15, 0.2) is 36.4 Å². The van der Waals surface area contributed by atoms with E-state index in [1.165, 1.54) is 0 Å². The van der Waals surface area contributed by atoms with Gasteiger partial charge in [0.1, 0.15) is 5.75 Å². The number of hydrogen-bond acceptors (Lipinski definition) is 3. The van der Waals surface area contributed by atoms with Gasteiger partial charge in [-0.1, -0.05) is 44.2 Å². The van der Waals surface area contributed by atoms with Crippen LogP contribution in [0.5, 0.6) is 5.75 Å². The first-order valence-corrected chi connectivity index (χ1v) is 7.17. The quantitative estimate of drug-likeness (QED) is 0.877. The van der Waals surface area contributed by atoms with Crippen LogP contribution in [0.1, 0.15) is 25.5 Å². The molecule has 0 fully saturated rings. The summed E-state index contributed by atoms with van der Waals surface area (Å²) in [5, 5.41) is 12.8. The zero-order valence-corrected chi connectivity index (χ0v) is 12.5. The number of nitrogens with zero attached hydrogens (tertiary/aromatic N) is 1. The van der Waals surface area contributed by atoms with Gasteiger partial charge in [-0.15, -0.1) is 0 Å². The zero-order valence-electron chi connectivity index (χ0n) is 12.5. The Labute approximate surface area is 120 Å². The van der Waals surface area contributed by atoms with Gasteiger partial charge in [0, 0.05) is 12.1 Å². The normalized spacial score (nSPS) is 12.8. The molecule has 108 valence electrons. The van der Waals surface area contributed by atoms with E-state index in [1.807, 2.05) is 30.3 Å². The molecule has 1 N–H and O–H groups in total. The van der Waals surface area contributed by atoms with Crippen molar-refractivity contribution in [1.29, 1.82) is 0 Å². The van der Waals surface area contributed by atoms with Crippen molar-refractivity contribution in [3.8, 4) is 5.75 Å². The maximum Gasteiger partial charge on any atom is 0.125 e. The number of benzene rings is 2.